The number of likely N-dealkylation sites (tertiary alicyclic amines) is 1. The van der Waals surface area contributed by atoms with E-state index in [1.165, 1.54) is 16.2 Å². The summed E-state index contributed by atoms with van der Waals surface area (Å²) in [6.07, 6.45) is 3.36. The number of urea groups is 1. The minimum absolute atomic E-state index is 0.318. The van der Waals surface area contributed by atoms with Crippen LogP contribution in [0.25, 0.3) is 0 Å². The Labute approximate surface area is 128 Å². The molecule has 1 fully saturated rings. The van der Waals surface area contributed by atoms with E-state index in [-0.39, 0.29) is 6.03 Å². The van der Waals surface area contributed by atoms with Crippen molar-refractivity contribution in [3.8, 4) is 0 Å². The van der Waals surface area contributed by atoms with Crippen LogP contribution < -0.4 is 5.32 Å². The molecule has 0 radical (unpaired) electrons. The molecule has 1 aromatic rings. The number of nitrogens with one attached hydrogen (secondary N) is 1. The fraction of sp³-hybridized carbons (Fsp3) is 0.643. The molecule has 0 aliphatic carbocycles. The fourth-order valence-corrected chi connectivity index (χ4v) is 3.56. The summed E-state index contributed by atoms with van der Waals surface area (Å²) in [7, 11) is 0. The summed E-state index contributed by atoms with van der Waals surface area (Å²) in [5.41, 5.74) is -0.414. The van der Waals surface area contributed by atoms with E-state index in [4.69, 9.17) is 0 Å². The number of rotatable bonds is 3. The summed E-state index contributed by atoms with van der Waals surface area (Å²) >= 11 is 1.52. The molecule has 0 saturated carbocycles. The van der Waals surface area contributed by atoms with E-state index >= 15 is 0 Å². The minimum atomic E-state index is -0.941. The maximum absolute atomic E-state index is 12.3. The van der Waals surface area contributed by atoms with Crippen molar-refractivity contribution < 1.29 is 14.7 Å². The highest BCUT2D eigenvalue weighted by Gasteiger charge is 2.44. The molecule has 2 heterocycles. The van der Waals surface area contributed by atoms with Crippen LogP contribution >= 0.6 is 11.3 Å². The molecule has 0 aromatic carbocycles. The van der Waals surface area contributed by atoms with Gasteiger partial charge in [0.2, 0.25) is 0 Å². The van der Waals surface area contributed by atoms with Crippen LogP contribution in [0.3, 0.4) is 0 Å². The first kappa shape index (κ1) is 15.8. The van der Waals surface area contributed by atoms with Crippen molar-refractivity contribution in [1.29, 1.82) is 0 Å². The van der Waals surface area contributed by atoms with E-state index in [2.05, 4.69) is 10.3 Å². The predicted molar refractivity (Wildman–Crippen MR) is 80.2 cm³/mol. The summed E-state index contributed by atoms with van der Waals surface area (Å²) < 4.78 is 0. The van der Waals surface area contributed by atoms with Crippen LogP contribution in [0.4, 0.5) is 4.79 Å². The van der Waals surface area contributed by atoms with Gasteiger partial charge in [0.1, 0.15) is 6.04 Å². The van der Waals surface area contributed by atoms with Gasteiger partial charge in [0.15, 0.2) is 0 Å². The van der Waals surface area contributed by atoms with Gasteiger partial charge in [0, 0.05) is 17.6 Å². The molecule has 1 aliphatic rings. The Hall–Kier alpha value is -1.63. The molecule has 0 bridgehead atoms. The summed E-state index contributed by atoms with van der Waals surface area (Å²) in [6, 6.07) is -1.10. The molecule has 2 rings (SSSR count). The first-order valence-electron chi connectivity index (χ1n) is 7.00. The van der Waals surface area contributed by atoms with Crippen molar-refractivity contribution >= 4 is 23.3 Å². The van der Waals surface area contributed by atoms with E-state index < -0.39 is 17.4 Å². The third-order valence-electron chi connectivity index (χ3n) is 3.85. The second kappa shape index (κ2) is 6.01. The van der Waals surface area contributed by atoms with E-state index in [1.54, 1.807) is 6.20 Å². The molecule has 2 N–H and O–H groups in total. The standard InChI is InChI=1S/C14H21N3O3S/c1-9-15-7-10(21-9)8-16-13(20)17-6-4-5-14(2,3)11(17)12(18)19/h7,11H,4-6,8H2,1-3H3,(H,16,20)(H,18,19). The van der Waals surface area contributed by atoms with Gasteiger partial charge in [-0.05, 0) is 25.2 Å². The number of carbonyl (C=O) groups is 2. The van der Waals surface area contributed by atoms with Gasteiger partial charge in [-0.25, -0.2) is 14.6 Å². The van der Waals surface area contributed by atoms with E-state index in [0.29, 0.717) is 13.1 Å². The van der Waals surface area contributed by atoms with Crippen LogP contribution in [-0.2, 0) is 11.3 Å². The normalized spacial score (nSPS) is 21.1. The molecule has 6 nitrogen and oxygen atoms in total. The van der Waals surface area contributed by atoms with E-state index in [1.807, 2.05) is 20.8 Å². The summed E-state index contributed by atoms with van der Waals surface area (Å²) in [5.74, 6) is -0.941. The summed E-state index contributed by atoms with van der Waals surface area (Å²) in [6.45, 7) is 6.57. The number of hydrogen-bond donors (Lipinski definition) is 2. The van der Waals surface area contributed by atoms with Crippen molar-refractivity contribution in [3.05, 3.63) is 16.1 Å². The van der Waals surface area contributed by atoms with Gasteiger partial charge < -0.3 is 15.3 Å². The highest BCUT2D eigenvalue weighted by molar-refractivity contribution is 7.11. The zero-order valence-corrected chi connectivity index (χ0v) is 13.4. The molecule has 1 aliphatic heterocycles. The number of nitrogens with zero attached hydrogens (tertiary/aromatic N) is 2. The fourth-order valence-electron chi connectivity index (χ4n) is 2.83. The van der Waals surface area contributed by atoms with Crippen LogP contribution in [0.2, 0.25) is 0 Å². The van der Waals surface area contributed by atoms with Gasteiger partial charge in [0.25, 0.3) is 0 Å². The number of aliphatic carboxylic acids is 1. The first-order valence-corrected chi connectivity index (χ1v) is 7.81. The molecule has 1 unspecified atom stereocenters. The quantitative estimate of drug-likeness (QED) is 0.897. The number of hydrogen-bond acceptors (Lipinski definition) is 4. The SMILES string of the molecule is Cc1ncc(CNC(=O)N2CCCC(C)(C)C2C(=O)O)s1. The molecule has 1 atom stereocenters. The summed E-state index contributed by atoms with van der Waals surface area (Å²) in [4.78, 5) is 30.4. The van der Waals surface area contributed by atoms with Gasteiger partial charge in [-0.3, -0.25) is 0 Å². The number of thiazole rings is 1. The Morgan fingerprint density at radius 1 is 1.57 bits per heavy atom. The molecule has 7 heteroatoms. The van der Waals surface area contributed by atoms with Crippen molar-refractivity contribution in [2.75, 3.05) is 6.54 Å². The Balaban J connectivity index is 2.04. The van der Waals surface area contributed by atoms with Crippen molar-refractivity contribution in [3.63, 3.8) is 0 Å². The average Bonchev–Trinajstić information content (AvgIpc) is 2.79. The molecule has 21 heavy (non-hydrogen) atoms. The minimum Gasteiger partial charge on any atom is -0.480 e. The maximum Gasteiger partial charge on any atom is 0.327 e. The van der Waals surface area contributed by atoms with Gasteiger partial charge >= 0.3 is 12.0 Å². The molecular formula is C14H21N3O3S. The lowest BCUT2D eigenvalue weighted by Gasteiger charge is -2.43. The van der Waals surface area contributed by atoms with Crippen LogP contribution in [0.1, 0.15) is 36.6 Å². The highest BCUT2D eigenvalue weighted by Crippen LogP contribution is 2.35. The van der Waals surface area contributed by atoms with Crippen LogP contribution in [0, 0.1) is 12.3 Å². The van der Waals surface area contributed by atoms with Gasteiger partial charge in [-0.15, -0.1) is 11.3 Å². The van der Waals surface area contributed by atoms with Gasteiger partial charge in [-0.2, -0.15) is 0 Å². The van der Waals surface area contributed by atoms with E-state index in [0.717, 1.165) is 22.7 Å². The second-order valence-corrected chi connectivity index (χ2v) is 7.35. The Morgan fingerprint density at radius 2 is 2.29 bits per heavy atom. The lowest BCUT2D eigenvalue weighted by molar-refractivity contribution is -0.148. The molecule has 1 aromatic heterocycles. The van der Waals surface area contributed by atoms with Crippen molar-refractivity contribution in [2.45, 2.75) is 46.2 Å². The van der Waals surface area contributed by atoms with Crippen molar-refractivity contribution in [2.24, 2.45) is 5.41 Å². The third-order valence-corrected chi connectivity index (χ3v) is 4.76. The topological polar surface area (TPSA) is 82.5 Å². The Bertz CT molecular complexity index is 541. The second-order valence-electron chi connectivity index (χ2n) is 6.03. The van der Waals surface area contributed by atoms with Crippen LogP contribution in [0.5, 0.6) is 0 Å². The predicted octanol–water partition coefficient (Wildman–Crippen LogP) is 2.24. The molecular weight excluding hydrogens is 290 g/mol. The number of aryl methyl sites for hydroxylation is 1. The van der Waals surface area contributed by atoms with Gasteiger partial charge in [0.05, 0.1) is 11.6 Å². The van der Waals surface area contributed by atoms with E-state index in [9.17, 15) is 14.7 Å². The molecule has 116 valence electrons. The number of carbonyl (C=O) groups excluding carboxylic acids is 1. The first-order chi connectivity index (χ1) is 9.81. The maximum atomic E-state index is 12.3. The third kappa shape index (κ3) is 3.53. The highest BCUT2D eigenvalue weighted by atomic mass is 32.1. The van der Waals surface area contributed by atoms with Gasteiger partial charge in [-0.1, -0.05) is 13.8 Å². The zero-order chi connectivity index (χ0) is 15.6. The largest absolute Gasteiger partial charge is 0.480 e. The zero-order valence-electron chi connectivity index (χ0n) is 12.5. The average molecular weight is 311 g/mol. The molecule has 0 spiro atoms. The number of carboxylic acid groups (broad SMARTS) is 1. The number of carboxylic acids is 1. The van der Waals surface area contributed by atoms with Crippen molar-refractivity contribution in [1.82, 2.24) is 15.2 Å². The molecule has 2 amide bonds. The number of amides is 2. The van der Waals surface area contributed by atoms with Crippen LogP contribution in [0.15, 0.2) is 6.20 Å². The number of aromatic nitrogens is 1. The Morgan fingerprint density at radius 3 is 2.86 bits per heavy atom. The monoisotopic (exact) mass is 311 g/mol. The summed E-state index contributed by atoms with van der Waals surface area (Å²) in [5, 5.41) is 13.2. The number of piperidine rings is 1. The smallest absolute Gasteiger partial charge is 0.327 e. The van der Waals surface area contributed by atoms with Crippen LogP contribution in [-0.4, -0.2) is 39.6 Å². The lowest BCUT2D eigenvalue weighted by atomic mass is 9.76. The lowest BCUT2D eigenvalue weighted by Crippen LogP contribution is -2.58. The Kier molecular flexibility index (Phi) is 4.51. The molecule has 1 saturated heterocycles.